The Morgan fingerprint density at radius 2 is 1.83 bits per heavy atom. The average Bonchev–Trinajstić information content (AvgIpc) is 2.85. The summed E-state index contributed by atoms with van der Waals surface area (Å²) in [5.74, 6) is -1.06. The minimum Gasteiger partial charge on any atom is -0.449 e. The van der Waals surface area contributed by atoms with Crippen LogP contribution in [0.15, 0.2) is 51.8 Å². The molecule has 0 radical (unpaired) electrons. The highest BCUT2D eigenvalue weighted by molar-refractivity contribution is 7.92. The second kappa shape index (κ2) is 5.68. The highest BCUT2D eigenvalue weighted by Gasteiger charge is 2.24. The van der Waals surface area contributed by atoms with Crippen LogP contribution < -0.4 is 10.5 Å². The number of carbonyl (C=O) groups excluding carboxylic acids is 1. The van der Waals surface area contributed by atoms with Crippen molar-refractivity contribution < 1.29 is 17.6 Å². The van der Waals surface area contributed by atoms with E-state index >= 15 is 0 Å². The molecule has 0 saturated carbocycles. The van der Waals surface area contributed by atoms with Gasteiger partial charge in [-0.2, -0.15) is 0 Å². The van der Waals surface area contributed by atoms with Gasteiger partial charge in [0.1, 0.15) is 11.3 Å². The second-order valence-corrected chi connectivity index (χ2v) is 7.19. The molecule has 2 aromatic carbocycles. The standard InChI is InChI=1S/C17H16N2O4S/c1-10-7-8-14(11(2)9-10)24(21,22)19-15-12-5-3-4-6-13(12)23-16(15)17(18)20/h3-9,19H,1-2H3,(H2,18,20). The van der Waals surface area contributed by atoms with Gasteiger partial charge in [-0.25, -0.2) is 8.42 Å². The number of fused-ring (bicyclic) bond motifs is 1. The molecule has 1 amide bonds. The van der Waals surface area contributed by atoms with Gasteiger partial charge in [0.2, 0.25) is 5.76 Å². The third-order valence-electron chi connectivity index (χ3n) is 3.68. The summed E-state index contributed by atoms with van der Waals surface area (Å²) in [5, 5.41) is 0.472. The number of primary amides is 1. The Kier molecular flexibility index (Phi) is 3.81. The molecule has 0 atom stereocenters. The van der Waals surface area contributed by atoms with E-state index in [0.717, 1.165) is 5.56 Å². The van der Waals surface area contributed by atoms with Crippen LogP contribution in [0.25, 0.3) is 11.0 Å². The van der Waals surface area contributed by atoms with Crippen LogP contribution in [0.2, 0.25) is 0 Å². The minimum atomic E-state index is -3.90. The molecule has 0 bridgehead atoms. The van der Waals surface area contributed by atoms with E-state index in [1.54, 1.807) is 43.3 Å². The van der Waals surface area contributed by atoms with Gasteiger partial charge in [0, 0.05) is 5.39 Å². The monoisotopic (exact) mass is 344 g/mol. The van der Waals surface area contributed by atoms with Crippen LogP contribution in [0.4, 0.5) is 5.69 Å². The van der Waals surface area contributed by atoms with Gasteiger partial charge < -0.3 is 10.2 Å². The number of furan rings is 1. The van der Waals surface area contributed by atoms with E-state index in [2.05, 4.69) is 4.72 Å². The molecule has 0 spiro atoms. The van der Waals surface area contributed by atoms with Gasteiger partial charge in [-0.05, 0) is 37.6 Å². The first kappa shape index (κ1) is 16.1. The molecule has 0 aliphatic rings. The van der Waals surface area contributed by atoms with Crippen LogP contribution in [0.3, 0.4) is 0 Å². The lowest BCUT2D eigenvalue weighted by Gasteiger charge is -2.10. The van der Waals surface area contributed by atoms with Crippen LogP contribution in [0.1, 0.15) is 21.7 Å². The van der Waals surface area contributed by atoms with E-state index in [-0.39, 0.29) is 16.3 Å². The van der Waals surface area contributed by atoms with Crippen LogP contribution in [0.5, 0.6) is 0 Å². The summed E-state index contributed by atoms with van der Waals surface area (Å²) < 4.78 is 33.3. The highest BCUT2D eigenvalue weighted by atomic mass is 32.2. The Morgan fingerprint density at radius 3 is 2.50 bits per heavy atom. The first-order chi connectivity index (χ1) is 11.3. The van der Waals surface area contributed by atoms with Crippen molar-refractivity contribution in [2.75, 3.05) is 4.72 Å². The van der Waals surface area contributed by atoms with E-state index in [4.69, 9.17) is 10.2 Å². The molecule has 0 aliphatic carbocycles. The molecule has 3 N–H and O–H groups in total. The van der Waals surface area contributed by atoms with Crippen LogP contribution in [-0.2, 0) is 10.0 Å². The number of carbonyl (C=O) groups is 1. The van der Waals surface area contributed by atoms with Crippen molar-refractivity contribution in [3.8, 4) is 0 Å². The third kappa shape index (κ3) is 2.74. The summed E-state index contributed by atoms with van der Waals surface area (Å²) in [6, 6.07) is 11.7. The van der Waals surface area contributed by atoms with Crippen molar-refractivity contribution >= 4 is 32.6 Å². The lowest BCUT2D eigenvalue weighted by Crippen LogP contribution is -2.18. The summed E-state index contributed by atoms with van der Waals surface area (Å²) in [6.07, 6.45) is 0. The quantitative estimate of drug-likeness (QED) is 0.759. The maximum absolute atomic E-state index is 12.7. The normalized spacial score (nSPS) is 11.6. The van der Waals surface area contributed by atoms with E-state index in [9.17, 15) is 13.2 Å². The lowest BCUT2D eigenvalue weighted by molar-refractivity contribution is 0.0977. The summed E-state index contributed by atoms with van der Waals surface area (Å²) >= 11 is 0. The zero-order valence-corrected chi connectivity index (χ0v) is 14.0. The zero-order chi connectivity index (χ0) is 17.5. The lowest BCUT2D eigenvalue weighted by atomic mass is 10.2. The van der Waals surface area contributed by atoms with Crippen molar-refractivity contribution in [3.05, 3.63) is 59.4 Å². The molecule has 7 heteroatoms. The molecule has 0 saturated heterocycles. The predicted molar refractivity (Wildman–Crippen MR) is 91.5 cm³/mol. The first-order valence-corrected chi connectivity index (χ1v) is 8.69. The van der Waals surface area contributed by atoms with Crippen molar-refractivity contribution in [2.24, 2.45) is 5.73 Å². The largest absolute Gasteiger partial charge is 0.449 e. The maximum atomic E-state index is 12.7. The highest BCUT2D eigenvalue weighted by Crippen LogP contribution is 2.32. The fourth-order valence-corrected chi connectivity index (χ4v) is 3.92. The molecule has 1 heterocycles. The van der Waals surface area contributed by atoms with Crippen LogP contribution in [-0.4, -0.2) is 14.3 Å². The van der Waals surface area contributed by atoms with E-state index < -0.39 is 15.9 Å². The average molecular weight is 344 g/mol. The fourth-order valence-electron chi connectivity index (χ4n) is 2.61. The fraction of sp³-hybridized carbons (Fsp3) is 0.118. The Bertz CT molecular complexity index is 1050. The van der Waals surface area contributed by atoms with Crippen molar-refractivity contribution in [1.29, 1.82) is 0 Å². The number of nitrogens with two attached hydrogens (primary N) is 1. The van der Waals surface area contributed by atoms with Gasteiger partial charge in [0.15, 0.2) is 0 Å². The minimum absolute atomic E-state index is 0.0538. The van der Waals surface area contributed by atoms with Gasteiger partial charge >= 0.3 is 0 Å². The summed E-state index contributed by atoms with van der Waals surface area (Å²) in [6.45, 7) is 3.59. The zero-order valence-electron chi connectivity index (χ0n) is 13.2. The molecule has 0 unspecified atom stereocenters. The summed E-state index contributed by atoms with van der Waals surface area (Å²) in [5.41, 5.74) is 7.32. The van der Waals surface area contributed by atoms with E-state index in [1.165, 1.54) is 6.07 Å². The molecule has 24 heavy (non-hydrogen) atoms. The number of hydrogen-bond acceptors (Lipinski definition) is 4. The molecule has 3 aromatic rings. The maximum Gasteiger partial charge on any atom is 0.286 e. The first-order valence-electron chi connectivity index (χ1n) is 7.21. The number of amides is 1. The molecule has 3 rings (SSSR count). The van der Waals surface area contributed by atoms with Gasteiger partial charge in [0.25, 0.3) is 15.9 Å². The number of sulfonamides is 1. The molecular weight excluding hydrogens is 328 g/mol. The molecule has 124 valence electrons. The van der Waals surface area contributed by atoms with Gasteiger partial charge in [-0.3, -0.25) is 9.52 Å². The van der Waals surface area contributed by atoms with E-state index in [0.29, 0.717) is 16.5 Å². The number of nitrogens with one attached hydrogen (secondary N) is 1. The Morgan fingerprint density at radius 1 is 1.12 bits per heavy atom. The van der Waals surface area contributed by atoms with Crippen molar-refractivity contribution in [3.63, 3.8) is 0 Å². The molecular formula is C17H16N2O4S. The SMILES string of the molecule is Cc1ccc(S(=O)(=O)Nc2c(C(N)=O)oc3ccccc23)c(C)c1. The van der Waals surface area contributed by atoms with Gasteiger partial charge in [-0.15, -0.1) is 0 Å². The second-order valence-electron chi connectivity index (χ2n) is 5.54. The Labute approximate surface area is 139 Å². The number of anilines is 1. The molecule has 0 fully saturated rings. The Hall–Kier alpha value is -2.80. The van der Waals surface area contributed by atoms with Crippen LogP contribution >= 0.6 is 0 Å². The third-order valence-corrected chi connectivity index (χ3v) is 5.19. The number of rotatable bonds is 4. The summed E-state index contributed by atoms with van der Waals surface area (Å²) in [7, 11) is -3.90. The molecule has 1 aromatic heterocycles. The molecule has 6 nitrogen and oxygen atoms in total. The van der Waals surface area contributed by atoms with E-state index in [1.807, 2.05) is 6.92 Å². The van der Waals surface area contributed by atoms with Crippen LogP contribution in [0, 0.1) is 13.8 Å². The Balaban J connectivity index is 2.15. The number of hydrogen-bond donors (Lipinski definition) is 2. The number of benzene rings is 2. The topological polar surface area (TPSA) is 102 Å². The summed E-state index contributed by atoms with van der Waals surface area (Å²) in [4.78, 5) is 11.8. The number of aryl methyl sites for hydroxylation is 2. The van der Waals surface area contributed by atoms with Crippen molar-refractivity contribution in [1.82, 2.24) is 0 Å². The van der Waals surface area contributed by atoms with Crippen molar-refractivity contribution in [2.45, 2.75) is 18.7 Å². The number of para-hydroxylation sites is 1. The van der Waals surface area contributed by atoms with Gasteiger partial charge in [0.05, 0.1) is 4.90 Å². The predicted octanol–water partition coefficient (Wildman–Crippen LogP) is 2.95. The smallest absolute Gasteiger partial charge is 0.286 e. The van der Waals surface area contributed by atoms with Gasteiger partial charge in [-0.1, -0.05) is 29.8 Å². The molecule has 0 aliphatic heterocycles.